The van der Waals surface area contributed by atoms with E-state index in [0.717, 1.165) is 23.6 Å². The Morgan fingerprint density at radius 3 is 2.52 bits per heavy atom. The van der Waals surface area contributed by atoms with E-state index in [2.05, 4.69) is 5.10 Å². The van der Waals surface area contributed by atoms with Crippen LogP contribution in [0, 0.1) is 11.3 Å². The highest BCUT2D eigenvalue weighted by atomic mass is 35.5. The lowest BCUT2D eigenvalue weighted by molar-refractivity contribution is -0.137. The minimum atomic E-state index is -4.83. The predicted octanol–water partition coefficient (Wildman–Crippen LogP) is 4.79. The van der Waals surface area contributed by atoms with E-state index >= 15 is 0 Å². The Balaban J connectivity index is 2.33. The Labute approximate surface area is 158 Å². The quantitative estimate of drug-likeness (QED) is 0.689. The molecule has 0 spiro atoms. The number of nitrogens with zero attached hydrogens (tertiary/aromatic N) is 3. The van der Waals surface area contributed by atoms with Crippen molar-refractivity contribution in [3.8, 4) is 17.3 Å². The van der Waals surface area contributed by atoms with Gasteiger partial charge in [0.25, 0.3) is 5.56 Å². The Morgan fingerprint density at radius 1 is 1.22 bits per heavy atom. The number of halogens is 4. The van der Waals surface area contributed by atoms with Crippen molar-refractivity contribution in [1.29, 1.82) is 5.26 Å². The van der Waals surface area contributed by atoms with Crippen molar-refractivity contribution in [3.05, 3.63) is 57.9 Å². The maximum absolute atomic E-state index is 13.4. The predicted molar refractivity (Wildman–Crippen MR) is 96.8 cm³/mol. The summed E-state index contributed by atoms with van der Waals surface area (Å²) in [7, 11) is 0. The lowest BCUT2D eigenvalue weighted by atomic mass is 9.98. The fourth-order valence-corrected chi connectivity index (χ4v) is 3.35. The third-order valence-corrected chi connectivity index (χ3v) is 4.87. The fraction of sp³-hybridized carbons (Fsp3) is 0.316. The van der Waals surface area contributed by atoms with Gasteiger partial charge in [0.2, 0.25) is 0 Å². The summed E-state index contributed by atoms with van der Waals surface area (Å²) < 4.78 is 41.1. The Hall–Kier alpha value is -2.59. The van der Waals surface area contributed by atoms with E-state index < -0.39 is 22.9 Å². The van der Waals surface area contributed by atoms with Gasteiger partial charge in [0.05, 0.1) is 22.3 Å². The minimum Gasteiger partial charge on any atom is -0.266 e. The summed E-state index contributed by atoms with van der Waals surface area (Å²) in [6.07, 6.45) is -1.84. The molecule has 0 saturated heterocycles. The average Bonchev–Trinajstić information content (AvgIpc) is 2.64. The number of benzene rings is 1. The Morgan fingerprint density at radius 2 is 1.93 bits per heavy atom. The minimum absolute atomic E-state index is 0.0335. The molecule has 1 unspecified atom stereocenters. The molecule has 0 N–H and O–H groups in total. The molecular formula is C19H15ClF3N3O. The van der Waals surface area contributed by atoms with Crippen LogP contribution in [0.3, 0.4) is 0 Å². The third kappa shape index (κ3) is 3.91. The Bertz CT molecular complexity index is 975. The molecule has 140 valence electrons. The third-order valence-electron chi connectivity index (χ3n) is 4.40. The summed E-state index contributed by atoms with van der Waals surface area (Å²) in [6.45, 7) is 0. The van der Waals surface area contributed by atoms with Gasteiger partial charge in [-0.25, -0.2) is 0 Å². The molecule has 3 rings (SSSR count). The Kier molecular flexibility index (Phi) is 5.38. The molecule has 1 saturated carbocycles. The molecule has 4 nitrogen and oxygen atoms in total. The van der Waals surface area contributed by atoms with Crippen molar-refractivity contribution in [2.75, 3.05) is 0 Å². The lowest BCUT2D eigenvalue weighted by Gasteiger charge is -2.20. The van der Waals surface area contributed by atoms with Gasteiger partial charge in [0.15, 0.2) is 0 Å². The normalized spacial score (nSPS) is 19.1. The van der Waals surface area contributed by atoms with E-state index in [1.165, 1.54) is 6.07 Å². The van der Waals surface area contributed by atoms with Gasteiger partial charge >= 0.3 is 6.18 Å². The van der Waals surface area contributed by atoms with Gasteiger partial charge < -0.3 is 0 Å². The zero-order valence-corrected chi connectivity index (χ0v) is 14.9. The van der Waals surface area contributed by atoms with Crippen molar-refractivity contribution < 1.29 is 13.2 Å². The van der Waals surface area contributed by atoms with Crippen LogP contribution in [0.1, 0.15) is 36.8 Å². The second-order valence-corrected chi connectivity index (χ2v) is 6.74. The monoisotopic (exact) mass is 393 g/mol. The molecule has 2 aromatic rings. The number of aromatic nitrogens is 1. The van der Waals surface area contributed by atoms with E-state index in [-0.39, 0.29) is 11.1 Å². The molecule has 1 aliphatic carbocycles. The second kappa shape index (κ2) is 7.57. The van der Waals surface area contributed by atoms with Crippen molar-refractivity contribution >= 4 is 17.3 Å². The van der Waals surface area contributed by atoms with Crippen LogP contribution in [0.4, 0.5) is 13.2 Å². The topological polar surface area (TPSA) is 58.1 Å². The highest BCUT2D eigenvalue weighted by molar-refractivity contribution is 6.32. The summed E-state index contributed by atoms with van der Waals surface area (Å²) in [4.78, 5) is 12.7. The summed E-state index contributed by atoms with van der Waals surface area (Å²) in [5, 5.41) is 13.1. The van der Waals surface area contributed by atoms with Gasteiger partial charge in [-0.05, 0) is 25.3 Å². The lowest BCUT2D eigenvalue weighted by Crippen LogP contribution is -2.29. The fourth-order valence-electron chi connectivity index (χ4n) is 3.04. The van der Waals surface area contributed by atoms with Crippen LogP contribution in [-0.4, -0.2) is 15.8 Å². The molecule has 0 aliphatic heterocycles. The van der Waals surface area contributed by atoms with Gasteiger partial charge in [-0.15, -0.1) is 11.6 Å². The largest absolute Gasteiger partial charge is 0.417 e. The van der Waals surface area contributed by atoms with Crippen LogP contribution in [0.5, 0.6) is 0 Å². The highest BCUT2D eigenvalue weighted by Crippen LogP contribution is 2.33. The van der Waals surface area contributed by atoms with E-state index in [4.69, 9.17) is 16.9 Å². The number of nitriles is 1. The summed E-state index contributed by atoms with van der Waals surface area (Å²) >= 11 is 6.27. The van der Waals surface area contributed by atoms with Crippen LogP contribution in [0.2, 0.25) is 0 Å². The molecule has 1 aromatic carbocycles. The van der Waals surface area contributed by atoms with Crippen LogP contribution in [0.15, 0.2) is 46.3 Å². The first kappa shape index (κ1) is 19.2. The standard InChI is InChI=1S/C19H15ClF3N3O/c20-15-8-4-5-9-16(15)25-26-17(12-6-2-1-3-7-12)10-14(19(21,22)23)13(11-24)18(26)27/h1-3,6-7,10,15H,4-5,8-9H2. The van der Waals surface area contributed by atoms with Crippen molar-refractivity contribution in [1.82, 2.24) is 4.68 Å². The number of pyridine rings is 1. The molecule has 8 heteroatoms. The van der Waals surface area contributed by atoms with Gasteiger partial charge in [-0.2, -0.15) is 28.2 Å². The first-order valence-electron chi connectivity index (χ1n) is 8.37. The van der Waals surface area contributed by atoms with E-state index in [0.29, 0.717) is 24.1 Å². The number of alkyl halides is 4. The molecule has 1 aromatic heterocycles. The SMILES string of the molecule is N#Cc1c(C(F)(F)F)cc(-c2ccccc2)n(N=C2CCCCC2Cl)c1=O. The molecule has 0 amide bonds. The highest BCUT2D eigenvalue weighted by Gasteiger charge is 2.36. The second-order valence-electron chi connectivity index (χ2n) is 6.22. The van der Waals surface area contributed by atoms with E-state index in [1.54, 1.807) is 30.3 Å². The molecule has 1 heterocycles. The summed E-state index contributed by atoms with van der Waals surface area (Å²) in [5.41, 5.74) is -2.46. The van der Waals surface area contributed by atoms with Crippen LogP contribution in [-0.2, 0) is 6.18 Å². The molecule has 27 heavy (non-hydrogen) atoms. The van der Waals surface area contributed by atoms with Gasteiger partial charge in [-0.1, -0.05) is 36.8 Å². The van der Waals surface area contributed by atoms with Crippen LogP contribution in [0.25, 0.3) is 11.3 Å². The van der Waals surface area contributed by atoms with Crippen molar-refractivity contribution in [2.24, 2.45) is 5.10 Å². The molecule has 0 radical (unpaired) electrons. The maximum atomic E-state index is 13.4. The van der Waals surface area contributed by atoms with E-state index in [9.17, 15) is 18.0 Å². The number of rotatable bonds is 2. The molecule has 0 bridgehead atoms. The van der Waals surface area contributed by atoms with Gasteiger partial charge in [0.1, 0.15) is 11.6 Å². The molecular weight excluding hydrogens is 379 g/mol. The average molecular weight is 394 g/mol. The van der Waals surface area contributed by atoms with Crippen molar-refractivity contribution in [2.45, 2.75) is 37.2 Å². The smallest absolute Gasteiger partial charge is 0.266 e. The van der Waals surface area contributed by atoms with E-state index in [1.807, 2.05) is 0 Å². The maximum Gasteiger partial charge on any atom is 0.417 e. The zero-order valence-electron chi connectivity index (χ0n) is 14.1. The number of hydrogen-bond acceptors (Lipinski definition) is 3. The number of hydrogen-bond donors (Lipinski definition) is 0. The molecule has 1 aliphatic rings. The van der Waals surface area contributed by atoms with Gasteiger partial charge in [0, 0.05) is 5.56 Å². The zero-order chi connectivity index (χ0) is 19.6. The van der Waals surface area contributed by atoms with Gasteiger partial charge in [-0.3, -0.25) is 4.79 Å². The van der Waals surface area contributed by atoms with Crippen molar-refractivity contribution in [3.63, 3.8) is 0 Å². The first-order valence-corrected chi connectivity index (χ1v) is 8.81. The van der Waals surface area contributed by atoms with Crippen LogP contribution >= 0.6 is 11.6 Å². The molecule has 1 atom stereocenters. The first-order chi connectivity index (χ1) is 12.8. The summed E-state index contributed by atoms with van der Waals surface area (Å²) in [6, 6.07) is 10.3. The van der Waals surface area contributed by atoms with Crippen LogP contribution < -0.4 is 5.56 Å². The molecule has 1 fully saturated rings. The summed E-state index contributed by atoms with van der Waals surface area (Å²) in [5.74, 6) is 0.